The molecule has 4 aromatic rings. The topological polar surface area (TPSA) is 56.0 Å². The third-order valence-corrected chi connectivity index (χ3v) is 4.61. The van der Waals surface area contributed by atoms with Crippen LogP contribution < -0.4 is 20.3 Å². The molecular formula is C23H17FN2O3. The smallest absolute Gasteiger partial charge is 0.162 e. The third-order valence-electron chi connectivity index (χ3n) is 4.61. The molecular weight excluding hydrogens is 371 g/mol. The van der Waals surface area contributed by atoms with Crippen LogP contribution in [0.3, 0.4) is 0 Å². The summed E-state index contributed by atoms with van der Waals surface area (Å²) in [4.78, 5) is 0. The first kappa shape index (κ1) is 17.3. The molecule has 0 atom stereocenters. The lowest BCUT2D eigenvalue weighted by molar-refractivity contribution is 0.171. The van der Waals surface area contributed by atoms with E-state index in [0.717, 1.165) is 11.3 Å². The van der Waals surface area contributed by atoms with E-state index in [-0.39, 0.29) is 5.82 Å². The number of para-hydroxylation sites is 1. The molecule has 29 heavy (non-hydrogen) atoms. The molecule has 1 aliphatic heterocycles. The summed E-state index contributed by atoms with van der Waals surface area (Å²) in [6.07, 6.45) is 0. The van der Waals surface area contributed by atoms with Gasteiger partial charge < -0.3 is 13.9 Å². The van der Waals surface area contributed by atoms with Crippen molar-refractivity contribution in [1.82, 2.24) is 0 Å². The Hall–Kier alpha value is -3.80. The average molecular weight is 388 g/mol. The molecule has 6 heteroatoms. The normalized spacial score (nSPS) is 13.5. The summed E-state index contributed by atoms with van der Waals surface area (Å²) < 4.78 is 31.1. The molecule has 0 amide bonds. The second kappa shape index (κ2) is 7.31. The van der Waals surface area contributed by atoms with Gasteiger partial charge in [-0.05, 0) is 48.5 Å². The summed E-state index contributed by atoms with van der Waals surface area (Å²) in [6.45, 7) is 1.04. The number of hydrogen-bond acceptors (Lipinski definition) is 5. The Bertz CT molecular complexity index is 1250. The average Bonchev–Trinajstić information content (AvgIpc) is 2.78. The molecule has 3 aromatic carbocycles. The van der Waals surface area contributed by atoms with Crippen molar-refractivity contribution in [2.75, 3.05) is 18.6 Å². The highest BCUT2D eigenvalue weighted by atomic mass is 19.1. The lowest BCUT2D eigenvalue weighted by atomic mass is 10.1. The van der Waals surface area contributed by atoms with Gasteiger partial charge in [0.25, 0.3) is 0 Å². The Balaban J connectivity index is 1.64. The highest BCUT2D eigenvalue weighted by molar-refractivity contribution is 5.79. The minimum absolute atomic E-state index is 0.351. The zero-order chi connectivity index (χ0) is 19.6. The van der Waals surface area contributed by atoms with Crippen molar-refractivity contribution in [1.29, 1.82) is 0 Å². The first-order valence-electron chi connectivity index (χ1n) is 9.24. The van der Waals surface area contributed by atoms with Gasteiger partial charge in [-0.2, -0.15) is 5.10 Å². The van der Waals surface area contributed by atoms with Crippen molar-refractivity contribution < 1.29 is 18.3 Å². The monoisotopic (exact) mass is 388 g/mol. The van der Waals surface area contributed by atoms with Gasteiger partial charge in [-0.25, -0.2) is 4.39 Å². The Morgan fingerprint density at radius 1 is 0.828 bits per heavy atom. The van der Waals surface area contributed by atoms with Crippen molar-refractivity contribution >= 4 is 16.7 Å². The molecule has 0 saturated heterocycles. The second-order valence-corrected chi connectivity index (χ2v) is 6.58. The van der Waals surface area contributed by atoms with Crippen molar-refractivity contribution in [2.45, 2.75) is 0 Å². The summed E-state index contributed by atoms with van der Waals surface area (Å²) in [6, 6.07) is 21.4. The fraction of sp³-hybridized carbons (Fsp3) is 0.0870. The molecule has 1 aliphatic rings. The van der Waals surface area contributed by atoms with Crippen molar-refractivity contribution in [3.8, 4) is 22.8 Å². The minimum Gasteiger partial charge on any atom is -0.486 e. The fourth-order valence-corrected chi connectivity index (χ4v) is 3.21. The van der Waals surface area contributed by atoms with E-state index >= 15 is 0 Å². The standard InChI is InChI=1S/C23H17FN2O3/c24-16-7-9-20-18(13-16)19(26-25-17-4-2-1-3-5-17)14-22(29-20)15-6-8-21-23(12-15)28-11-10-27-21/h1-9,12-14,25H,10-11H2/b26-19+. The van der Waals surface area contributed by atoms with Crippen LogP contribution in [0.25, 0.3) is 22.3 Å². The highest BCUT2D eigenvalue weighted by Crippen LogP contribution is 2.34. The molecule has 5 nitrogen and oxygen atoms in total. The highest BCUT2D eigenvalue weighted by Gasteiger charge is 2.14. The van der Waals surface area contributed by atoms with Crippen LogP contribution in [0, 0.1) is 5.82 Å². The summed E-state index contributed by atoms with van der Waals surface area (Å²) in [7, 11) is 0. The van der Waals surface area contributed by atoms with E-state index in [1.54, 1.807) is 12.1 Å². The molecule has 1 N–H and O–H groups in total. The number of rotatable bonds is 3. The zero-order valence-corrected chi connectivity index (χ0v) is 15.4. The molecule has 0 saturated carbocycles. The molecule has 0 bridgehead atoms. The molecule has 1 aromatic heterocycles. The number of nitrogens with one attached hydrogen (secondary N) is 1. The van der Waals surface area contributed by atoms with Gasteiger partial charge in [0.1, 0.15) is 30.4 Å². The van der Waals surface area contributed by atoms with Crippen LogP contribution in [0.15, 0.2) is 82.3 Å². The number of ether oxygens (including phenoxy) is 2. The van der Waals surface area contributed by atoms with Crippen LogP contribution in [-0.4, -0.2) is 13.2 Å². The molecule has 0 aliphatic carbocycles. The summed E-state index contributed by atoms with van der Waals surface area (Å²) in [5.41, 5.74) is 5.20. The van der Waals surface area contributed by atoms with Gasteiger partial charge in [-0.15, -0.1) is 0 Å². The van der Waals surface area contributed by atoms with Crippen molar-refractivity contribution in [2.24, 2.45) is 5.10 Å². The molecule has 0 radical (unpaired) electrons. The van der Waals surface area contributed by atoms with Gasteiger partial charge in [0.2, 0.25) is 0 Å². The van der Waals surface area contributed by atoms with Gasteiger partial charge in [-0.3, -0.25) is 5.43 Å². The fourth-order valence-electron chi connectivity index (χ4n) is 3.21. The molecule has 0 spiro atoms. The molecule has 2 heterocycles. The quantitative estimate of drug-likeness (QED) is 0.505. The largest absolute Gasteiger partial charge is 0.486 e. The van der Waals surface area contributed by atoms with Crippen LogP contribution >= 0.6 is 0 Å². The lowest BCUT2D eigenvalue weighted by Crippen LogP contribution is -2.15. The lowest BCUT2D eigenvalue weighted by Gasteiger charge is -2.18. The maximum Gasteiger partial charge on any atom is 0.162 e. The summed E-state index contributed by atoms with van der Waals surface area (Å²) >= 11 is 0. The number of halogens is 1. The van der Waals surface area contributed by atoms with Crippen molar-refractivity contribution in [3.05, 3.63) is 84.0 Å². The van der Waals surface area contributed by atoms with E-state index < -0.39 is 0 Å². The van der Waals surface area contributed by atoms with E-state index in [1.165, 1.54) is 12.1 Å². The van der Waals surface area contributed by atoms with Gasteiger partial charge in [-0.1, -0.05) is 18.2 Å². The molecule has 0 unspecified atom stereocenters. The summed E-state index contributed by atoms with van der Waals surface area (Å²) in [5.74, 6) is 1.62. The minimum atomic E-state index is -0.351. The first-order chi connectivity index (χ1) is 14.3. The van der Waals surface area contributed by atoms with E-state index in [0.29, 0.717) is 46.8 Å². The first-order valence-corrected chi connectivity index (χ1v) is 9.24. The zero-order valence-electron chi connectivity index (χ0n) is 15.4. The number of nitrogens with zero attached hydrogens (tertiary/aromatic N) is 1. The predicted molar refractivity (Wildman–Crippen MR) is 108 cm³/mol. The van der Waals surface area contributed by atoms with Gasteiger partial charge in [0.05, 0.1) is 11.0 Å². The van der Waals surface area contributed by atoms with Crippen LogP contribution in [-0.2, 0) is 0 Å². The van der Waals surface area contributed by atoms with E-state index in [9.17, 15) is 4.39 Å². The molecule has 144 valence electrons. The number of anilines is 1. The maximum atomic E-state index is 13.9. The molecule has 5 rings (SSSR count). The Kier molecular flexibility index (Phi) is 4.37. The van der Waals surface area contributed by atoms with Crippen LogP contribution in [0.1, 0.15) is 0 Å². The number of fused-ring (bicyclic) bond motifs is 2. The van der Waals surface area contributed by atoms with Crippen LogP contribution in [0.5, 0.6) is 11.5 Å². The molecule has 0 fully saturated rings. The van der Waals surface area contributed by atoms with Gasteiger partial charge in [0, 0.05) is 17.0 Å². The number of benzene rings is 3. The Labute approximate surface area is 166 Å². The van der Waals surface area contributed by atoms with E-state index in [1.807, 2.05) is 48.5 Å². The van der Waals surface area contributed by atoms with E-state index in [2.05, 4.69) is 10.5 Å². The van der Waals surface area contributed by atoms with Crippen LogP contribution in [0.2, 0.25) is 0 Å². The number of hydrogen-bond donors (Lipinski definition) is 1. The van der Waals surface area contributed by atoms with Gasteiger partial charge >= 0.3 is 0 Å². The van der Waals surface area contributed by atoms with Crippen LogP contribution in [0.4, 0.5) is 10.1 Å². The SMILES string of the molecule is Fc1ccc2oc(-c3ccc4c(c3)OCCO4)c/c(=N\Nc3ccccc3)c2c1. The van der Waals surface area contributed by atoms with Crippen molar-refractivity contribution in [3.63, 3.8) is 0 Å². The summed E-state index contributed by atoms with van der Waals surface area (Å²) in [5, 5.41) is 5.63. The second-order valence-electron chi connectivity index (χ2n) is 6.58. The van der Waals surface area contributed by atoms with E-state index in [4.69, 9.17) is 13.9 Å². The Morgan fingerprint density at radius 3 is 2.52 bits per heavy atom. The maximum absolute atomic E-state index is 13.9. The Morgan fingerprint density at radius 2 is 1.66 bits per heavy atom. The third kappa shape index (κ3) is 3.52. The predicted octanol–water partition coefficient (Wildman–Crippen LogP) is 4.94. The van der Waals surface area contributed by atoms with Gasteiger partial charge in [0.15, 0.2) is 11.5 Å².